The highest BCUT2D eigenvalue weighted by Gasteiger charge is 2.14. The van der Waals surface area contributed by atoms with Crippen LogP contribution in [0.5, 0.6) is 0 Å². The molecular weight excluding hydrogens is 420 g/mol. The van der Waals surface area contributed by atoms with Gasteiger partial charge in [-0.15, -0.1) is 0 Å². The van der Waals surface area contributed by atoms with E-state index < -0.39 is 5.91 Å². The number of primary amides is 1. The number of carbonyl (C=O) groups is 2. The summed E-state index contributed by atoms with van der Waals surface area (Å²) in [6, 6.07) is 15.1. The first kappa shape index (κ1) is 22.4. The van der Waals surface area contributed by atoms with E-state index in [1.54, 1.807) is 24.3 Å². The second kappa shape index (κ2) is 10.2. The van der Waals surface area contributed by atoms with Crippen LogP contribution in [-0.4, -0.2) is 48.1 Å². The quantitative estimate of drug-likeness (QED) is 0.500. The molecule has 0 aliphatic carbocycles. The van der Waals surface area contributed by atoms with Crippen LogP contribution in [0.1, 0.15) is 32.1 Å². The minimum Gasteiger partial charge on any atom is -0.378 e. The number of nitrogens with one attached hydrogen (secondary N) is 1. The molecule has 1 fully saturated rings. The molecule has 0 atom stereocenters. The molecule has 0 saturated carbocycles. The number of nitrogens with two attached hydrogens (primary N) is 2. The van der Waals surface area contributed by atoms with Gasteiger partial charge in [0.2, 0.25) is 0 Å². The number of hydrogen-bond acceptors (Lipinski definition) is 7. The number of hydrogen-bond donors (Lipinski definition) is 3. The standard InChI is InChI=1S/C24H26N6O3/c25-13-20-22(23(26)31)29-21(15-27-20)17-2-1-3-18(12-17)24(32)28-14-16-4-6-19(7-5-16)30-8-10-33-11-9-30/h1-7,12,15H,8-11,13-14,25H2,(H2,26,31)(H,28,32). The third-order valence-corrected chi connectivity index (χ3v) is 5.46. The Hall–Kier alpha value is -3.82. The largest absolute Gasteiger partial charge is 0.378 e. The van der Waals surface area contributed by atoms with Crippen LogP contribution in [0.3, 0.4) is 0 Å². The smallest absolute Gasteiger partial charge is 0.269 e. The molecule has 2 heterocycles. The fourth-order valence-corrected chi connectivity index (χ4v) is 3.65. The van der Waals surface area contributed by atoms with E-state index in [2.05, 4.69) is 32.3 Å². The van der Waals surface area contributed by atoms with Crippen molar-refractivity contribution >= 4 is 17.5 Å². The average Bonchev–Trinajstić information content (AvgIpc) is 2.87. The maximum Gasteiger partial charge on any atom is 0.269 e. The van der Waals surface area contributed by atoms with Gasteiger partial charge in [0, 0.05) is 43.0 Å². The SMILES string of the molecule is NCc1ncc(-c2cccc(C(=O)NCc3ccc(N4CCOCC4)cc3)c2)nc1C(N)=O. The molecule has 2 amide bonds. The summed E-state index contributed by atoms with van der Waals surface area (Å²) in [7, 11) is 0. The van der Waals surface area contributed by atoms with E-state index in [1.807, 2.05) is 12.1 Å². The molecule has 0 radical (unpaired) electrons. The van der Waals surface area contributed by atoms with Crippen molar-refractivity contribution in [2.45, 2.75) is 13.1 Å². The number of nitrogens with zero attached hydrogens (tertiary/aromatic N) is 3. The molecule has 0 unspecified atom stereocenters. The first-order valence-corrected chi connectivity index (χ1v) is 10.7. The van der Waals surface area contributed by atoms with Crippen molar-refractivity contribution in [3.63, 3.8) is 0 Å². The third kappa shape index (κ3) is 5.33. The van der Waals surface area contributed by atoms with Crippen molar-refractivity contribution in [2.24, 2.45) is 11.5 Å². The van der Waals surface area contributed by atoms with E-state index in [0.717, 1.165) is 37.6 Å². The van der Waals surface area contributed by atoms with Crippen LogP contribution in [-0.2, 0) is 17.8 Å². The van der Waals surface area contributed by atoms with E-state index in [0.29, 0.717) is 29.1 Å². The summed E-state index contributed by atoms with van der Waals surface area (Å²) in [4.78, 5) is 35.2. The van der Waals surface area contributed by atoms with Gasteiger partial charge < -0.3 is 26.4 Å². The van der Waals surface area contributed by atoms with Crippen molar-refractivity contribution < 1.29 is 14.3 Å². The van der Waals surface area contributed by atoms with Crippen molar-refractivity contribution in [3.05, 3.63) is 77.2 Å². The summed E-state index contributed by atoms with van der Waals surface area (Å²) in [5, 5.41) is 2.94. The lowest BCUT2D eigenvalue weighted by atomic mass is 10.1. The predicted molar refractivity (Wildman–Crippen MR) is 125 cm³/mol. The maximum atomic E-state index is 12.7. The summed E-state index contributed by atoms with van der Waals surface area (Å²) in [6.45, 7) is 3.71. The summed E-state index contributed by atoms with van der Waals surface area (Å²) in [6.07, 6.45) is 1.52. The van der Waals surface area contributed by atoms with E-state index in [1.165, 1.54) is 6.20 Å². The lowest BCUT2D eigenvalue weighted by molar-refractivity contribution is 0.0949. The van der Waals surface area contributed by atoms with Gasteiger partial charge in [-0.2, -0.15) is 0 Å². The van der Waals surface area contributed by atoms with Gasteiger partial charge in [-0.1, -0.05) is 24.3 Å². The third-order valence-electron chi connectivity index (χ3n) is 5.46. The maximum absolute atomic E-state index is 12.7. The van der Waals surface area contributed by atoms with Crippen LogP contribution in [0.25, 0.3) is 11.3 Å². The molecule has 1 aliphatic heterocycles. The van der Waals surface area contributed by atoms with Gasteiger partial charge in [-0.25, -0.2) is 4.98 Å². The van der Waals surface area contributed by atoms with Crippen molar-refractivity contribution in [1.29, 1.82) is 0 Å². The lowest BCUT2D eigenvalue weighted by Gasteiger charge is -2.28. The Labute approximate surface area is 191 Å². The predicted octanol–water partition coefficient (Wildman–Crippen LogP) is 1.47. The molecule has 33 heavy (non-hydrogen) atoms. The van der Waals surface area contributed by atoms with Crippen LogP contribution in [0.15, 0.2) is 54.7 Å². The minimum absolute atomic E-state index is 0.0328. The number of aromatic nitrogens is 2. The lowest BCUT2D eigenvalue weighted by Crippen LogP contribution is -2.36. The summed E-state index contributed by atoms with van der Waals surface area (Å²) in [5.41, 5.74) is 15.1. The number of anilines is 1. The Bertz CT molecular complexity index is 1140. The number of carbonyl (C=O) groups excluding carboxylic acids is 2. The zero-order valence-corrected chi connectivity index (χ0v) is 18.2. The number of amides is 2. The van der Waals surface area contributed by atoms with E-state index in [9.17, 15) is 9.59 Å². The molecule has 3 aromatic rings. The van der Waals surface area contributed by atoms with Crippen LogP contribution in [0.2, 0.25) is 0 Å². The monoisotopic (exact) mass is 446 g/mol. The number of rotatable bonds is 7. The van der Waals surface area contributed by atoms with Gasteiger partial charge in [0.25, 0.3) is 11.8 Å². The van der Waals surface area contributed by atoms with Crippen molar-refractivity contribution in [2.75, 3.05) is 31.2 Å². The van der Waals surface area contributed by atoms with Gasteiger partial charge in [-0.3, -0.25) is 14.6 Å². The zero-order valence-electron chi connectivity index (χ0n) is 18.2. The Morgan fingerprint density at radius 1 is 1.09 bits per heavy atom. The Balaban J connectivity index is 1.43. The summed E-state index contributed by atoms with van der Waals surface area (Å²) in [5.74, 6) is -0.908. The van der Waals surface area contributed by atoms with Crippen molar-refractivity contribution in [1.82, 2.24) is 15.3 Å². The van der Waals surface area contributed by atoms with E-state index in [-0.39, 0.29) is 18.1 Å². The fourth-order valence-electron chi connectivity index (χ4n) is 3.65. The molecule has 9 nitrogen and oxygen atoms in total. The summed E-state index contributed by atoms with van der Waals surface area (Å²) < 4.78 is 5.39. The Kier molecular flexibility index (Phi) is 6.92. The highest BCUT2D eigenvalue weighted by Crippen LogP contribution is 2.20. The van der Waals surface area contributed by atoms with Gasteiger partial charge in [0.05, 0.1) is 30.8 Å². The van der Waals surface area contributed by atoms with Crippen molar-refractivity contribution in [3.8, 4) is 11.3 Å². The summed E-state index contributed by atoms with van der Waals surface area (Å²) >= 11 is 0. The second-order valence-electron chi connectivity index (χ2n) is 7.65. The highest BCUT2D eigenvalue weighted by molar-refractivity contribution is 5.95. The molecule has 0 bridgehead atoms. The molecule has 170 valence electrons. The topological polar surface area (TPSA) is 136 Å². The van der Waals surface area contributed by atoms with Crippen LogP contribution < -0.4 is 21.7 Å². The number of benzene rings is 2. The van der Waals surface area contributed by atoms with E-state index in [4.69, 9.17) is 16.2 Å². The van der Waals surface area contributed by atoms with Gasteiger partial charge in [0.1, 0.15) is 0 Å². The Morgan fingerprint density at radius 3 is 2.55 bits per heavy atom. The first-order chi connectivity index (χ1) is 16.0. The van der Waals surface area contributed by atoms with Crippen LogP contribution >= 0.6 is 0 Å². The zero-order chi connectivity index (χ0) is 23.2. The number of morpholine rings is 1. The molecule has 0 spiro atoms. The minimum atomic E-state index is -0.696. The molecule has 4 rings (SSSR count). The average molecular weight is 447 g/mol. The molecule has 2 aromatic carbocycles. The number of ether oxygens (including phenoxy) is 1. The molecule has 1 aliphatic rings. The van der Waals surface area contributed by atoms with Crippen LogP contribution in [0.4, 0.5) is 5.69 Å². The molecule has 1 aromatic heterocycles. The van der Waals surface area contributed by atoms with Gasteiger partial charge >= 0.3 is 0 Å². The van der Waals surface area contributed by atoms with E-state index >= 15 is 0 Å². The molecule has 5 N–H and O–H groups in total. The highest BCUT2D eigenvalue weighted by atomic mass is 16.5. The second-order valence-corrected chi connectivity index (χ2v) is 7.65. The first-order valence-electron chi connectivity index (χ1n) is 10.7. The molecule has 1 saturated heterocycles. The van der Waals surface area contributed by atoms with Gasteiger partial charge in [-0.05, 0) is 29.8 Å². The normalized spacial score (nSPS) is 13.5. The fraction of sp³-hybridized carbons (Fsp3) is 0.250. The molecule has 9 heteroatoms. The van der Waals surface area contributed by atoms with Crippen LogP contribution in [0, 0.1) is 0 Å². The molecular formula is C24H26N6O3. The van der Waals surface area contributed by atoms with Gasteiger partial charge in [0.15, 0.2) is 5.69 Å². The Morgan fingerprint density at radius 2 is 1.85 bits per heavy atom.